The summed E-state index contributed by atoms with van der Waals surface area (Å²) >= 11 is 0. The fourth-order valence-corrected chi connectivity index (χ4v) is 6.72. The van der Waals surface area contributed by atoms with Crippen LogP contribution in [0.3, 0.4) is 0 Å². The first-order valence-corrected chi connectivity index (χ1v) is 14.3. The molecule has 0 aliphatic heterocycles. The van der Waals surface area contributed by atoms with Gasteiger partial charge in [0.1, 0.15) is 11.6 Å². The molecule has 4 aromatic rings. The summed E-state index contributed by atoms with van der Waals surface area (Å²) < 4.78 is 39.2. The number of aromatic amines is 1. The van der Waals surface area contributed by atoms with Crippen LogP contribution in [0.1, 0.15) is 35.0 Å². The number of nitrogens with zero attached hydrogens (tertiary/aromatic N) is 1. The smallest absolute Gasteiger partial charge is 0.222 e. The molecule has 1 amide bonds. The molecule has 39 heavy (non-hydrogen) atoms. The van der Waals surface area contributed by atoms with Gasteiger partial charge in [0.05, 0.1) is 28.5 Å². The Balaban J connectivity index is 1.47. The molecule has 0 saturated heterocycles. The monoisotopic (exact) mass is 546 g/mol. The van der Waals surface area contributed by atoms with Crippen molar-refractivity contribution in [2.45, 2.75) is 25.5 Å². The van der Waals surface area contributed by atoms with Gasteiger partial charge in [-0.2, -0.15) is 0 Å². The molecule has 0 radical (unpaired) electrons. The van der Waals surface area contributed by atoms with Gasteiger partial charge in [-0.15, -0.1) is 0 Å². The second kappa shape index (κ2) is 10.8. The van der Waals surface area contributed by atoms with Crippen LogP contribution in [0.5, 0.6) is 0 Å². The van der Waals surface area contributed by atoms with Crippen LogP contribution < -0.4 is 10.6 Å². The summed E-state index contributed by atoms with van der Waals surface area (Å²) in [6, 6.07) is 18.3. The summed E-state index contributed by atoms with van der Waals surface area (Å²) in [6.45, 7) is 1.40. The lowest BCUT2D eigenvalue weighted by Gasteiger charge is -2.22. The predicted octanol–water partition coefficient (Wildman–Crippen LogP) is 5.28. The number of benzene rings is 2. The number of H-pyrrole nitrogens is 1. The number of aromatic nitrogens is 2. The van der Waals surface area contributed by atoms with Crippen LogP contribution in [0.15, 0.2) is 72.9 Å². The highest BCUT2D eigenvalue weighted by atomic mass is 32.2. The van der Waals surface area contributed by atoms with Crippen LogP contribution in [0.25, 0.3) is 11.3 Å². The number of carbonyl (C=O) groups excluding carboxylic acids is 2. The van der Waals surface area contributed by atoms with Crippen molar-refractivity contribution in [2.75, 3.05) is 16.4 Å². The molecule has 0 saturated carbocycles. The number of halogens is 1. The van der Waals surface area contributed by atoms with Gasteiger partial charge in [-0.25, -0.2) is 17.8 Å². The zero-order valence-corrected chi connectivity index (χ0v) is 22.0. The second-order valence-electron chi connectivity index (χ2n) is 9.71. The summed E-state index contributed by atoms with van der Waals surface area (Å²) in [6.07, 6.45) is 2.03. The third kappa shape index (κ3) is 6.23. The van der Waals surface area contributed by atoms with E-state index in [1.807, 2.05) is 30.3 Å². The molecule has 200 valence electrons. The van der Waals surface area contributed by atoms with E-state index >= 15 is 0 Å². The Morgan fingerprint density at radius 1 is 1.08 bits per heavy atom. The second-order valence-corrected chi connectivity index (χ2v) is 11.8. The summed E-state index contributed by atoms with van der Waals surface area (Å²) in [4.78, 5) is 32.6. The SMILES string of the molecule is CC(=O)Nc1cc(-c2[nH]c3c(c2Nc2ccccc2)C(=O)CC(CS(=O)(=O)Cc2ccc(F)cc2)C3)ccn1. The average molecular weight is 547 g/mol. The van der Waals surface area contributed by atoms with Crippen molar-refractivity contribution in [3.63, 3.8) is 0 Å². The third-order valence-corrected chi connectivity index (χ3v) is 8.26. The Labute approximate surface area is 225 Å². The first-order chi connectivity index (χ1) is 18.7. The Morgan fingerprint density at radius 3 is 2.54 bits per heavy atom. The molecule has 1 aliphatic carbocycles. The fraction of sp³-hybridized carbons (Fsp3) is 0.207. The number of rotatable bonds is 8. The zero-order valence-electron chi connectivity index (χ0n) is 21.2. The van der Waals surface area contributed by atoms with Gasteiger partial charge in [-0.3, -0.25) is 9.59 Å². The molecule has 1 atom stereocenters. The predicted molar refractivity (Wildman–Crippen MR) is 148 cm³/mol. The number of amides is 1. The van der Waals surface area contributed by atoms with E-state index in [-0.39, 0.29) is 29.6 Å². The number of Topliss-reactive ketones (excluding diaryl/α,β-unsaturated/α-hetero) is 1. The minimum Gasteiger partial charge on any atom is -0.356 e. The molecular weight excluding hydrogens is 519 g/mol. The van der Waals surface area contributed by atoms with Crippen LogP contribution in [-0.2, 0) is 26.8 Å². The van der Waals surface area contributed by atoms with Crippen molar-refractivity contribution in [3.8, 4) is 11.3 Å². The van der Waals surface area contributed by atoms with Gasteiger partial charge in [0.2, 0.25) is 5.91 Å². The molecule has 3 N–H and O–H groups in total. The lowest BCUT2D eigenvalue weighted by atomic mass is 9.87. The summed E-state index contributed by atoms with van der Waals surface area (Å²) in [7, 11) is -3.55. The van der Waals surface area contributed by atoms with Crippen LogP contribution >= 0.6 is 0 Å². The lowest BCUT2D eigenvalue weighted by Crippen LogP contribution is -2.27. The number of fused-ring (bicyclic) bond motifs is 1. The largest absolute Gasteiger partial charge is 0.356 e. The molecule has 2 heterocycles. The van der Waals surface area contributed by atoms with Crippen molar-refractivity contribution in [2.24, 2.45) is 5.92 Å². The number of para-hydroxylation sites is 1. The average Bonchev–Trinajstić information content (AvgIpc) is 3.24. The minimum absolute atomic E-state index is 0.0872. The van der Waals surface area contributed by atoms with Gasteiger partial charge in [-0.1, -0.05) is 30.3 Å². The topological polar surface area (TPSA) is 121 Å². The van der Waals surface area contributed by atoms with Crippen LogP contribution in [0.4, 0.5) is 21.6 Å². The maximum atomic E-state index is 13.5. The Hall–Kier alpha value is -4.31. The number of ketones is 1. The molecule has 1 aliphatic rings. The van der Waals surface area contributed by atoms with Gasteiger partial charge < -0.3 is 15.6 Å². The Kier molecular flexibility index (Phi) is 7.30. The molecule has 1 unspecified atom stereocenters. The van der Waals surface area contributed by atoms with Gasteiger partial charge in [0.25, 0.3) is 0 Å². The number of hydrogen-bond acceptors (Lipinski definition) is 6. The van der Waals surface area contributed by atoms with Crippen molar-refractivity contribution in [1.29, 1.82) is 0 Å². The van der Waals surface area contributed by atoms with Crippen LogP contribution in [0.2, 0.25) is 0 Å². The van der Waals surface area contributed by atoms with Crippen molar-refractivity contribution in [1.82, 2.24) is 9.97 Å². The molecular formula is C29H27FN4O4S. The number of hydrogen-bond donors (Lipinski definition) is 3. The maximum absolute atomic E-state index is 13.5. The molecule has 2 aromatic carbocycles. The summed E-state index contributed by atoms with van der Waals surface area (Å²) in [5, 5.41) is 6.03. The van der Waals surface area contributed by atoms with E-state index in [2.05, 4.69) is 20.6 Å². The highest BCUT2D eigenvalue weighted by Crippen LogP contribution is 2.40. The molecule has 2 aromatic heterocycles. The molecule has 0 bridgehead atoms. The first kappa shape index (κ1) is 26.3. The van der Waals surface area contributed by atoms with E-state index in [0.29, 0.717) is 46.0 Å². The molecule has 8 nitrogen and oxygen atoms in total. The third-order valence-electron chi connectivity index (χ3n) is 6.51. The van der Waals surface area contributed by atoms with Crippen molar-refractivity contribution < 1.29 is 22.4 Å². The zero-order chi connectivity index (χ0) is 27.6. The van der Waals surface area contributed by atoms with E-state index < -0.39 is 21.6 Å². The number of nitrogens with one attached hydrogen (secondary N) is 3. The summed E-state index contributed by atoms with van der Waals surface area (Å²) in [5.41, 5.74) is 4.38. The number of carbonyl (C=O) groups is 2. The van der Waals surface area contributed by atoms with Gasteiger partial charge in [0.15, 0.2) is 15.6 Å². The van der Waals surface area contributed by atoms with E-state index in [1.165, 1.54) is 31.2 Å². The highest BCUT2D eigenvalue weighted by Gasteiger charge is 2.34. The minimum atomic E-state index is -3.55. The highest BCUT2D eigenvalue weighted by molar-refractivity contribution is 7.90. The fourth-order valence-electron chi connectivity index (χ4n) is 4.95. The van der Waals surface area contributed by atoms with Gasteiger partial charge >= 0.3 is 0 Å². The summed E-state index contributed by atoms with van der Waals surface area (Å²) in [5.74, 6) is -1.25. The Morgan fingerprint density at radius 2 is 1.82 bits per heavy atom. The maximum Gasteiger partial charge on any atom is 0.222 e. The number of sulfone groups is 1. The first-order valence-electron chi connectivity index (χ1n) is 12.5. The quantitative estimate of drug-likeness (QED) is 0.277. The number of pyridine rings is 1. The molecule has 0 fully saturated rings. The normalized spacial score (nSPS) is 15.0. The van der Waals surface area contributed by atoms with Crippen molar-refractivity contribution in [3.05, 3.63) is 95.6 Å². The molecule has 5 rings (SSSR count). The molecule has 10 heteroatoms. The van der Waals surface area contributed by atoms with E-state index in [4.69, 9.17) is 0 Å². The van der Waals surface area contributed by atoms with Crippen molar-refractivity contribution >= 4 is 38.7 Å². The van der Waals surface area contributed by atoms with E-state index in [1.54, 1.807) is 18.3 Å². The van der Waals surface area contributed by atoms with E-state index in [0.717, 1.165) is 5.69 Å². The number of anilines is 3. The molecule has 0 spiro atoms. The lowest BCUT2D eigenvalue weighted by molar-refractivity contribution is -0.114. The van der Waals surface area contributed by atoms with Gasteiger partial charge in [-0.05, 0) is 54.3 Å². The van der Waals surface area contributed by atoms with E-state index in [9.17, 15) is 22.4 Å². The standard InChI is InChI=1S/C29H27FN4O4S/c1-18(35)32-26-15-21(11-12-31-26)28-29(33-23-5-3-2-4-6-23)27-24(34-28)13-20(14-25(27)36)17-39(37,38)16-19-7-9-22(30)10-8-19/h2-12,15,20,33-34H,13-14,16-17H2,1H3,(H,31,32,35). The van der Waals surface area contributed by atoms with Gasteiger partial charge in [0, 0.05) is 36.5 Å². The van der Waals surface area contributed by atoms with Crippen LogP contribution in [0, 0.1) is 11.7 Å². The van der Waals surface area contributed by atoms with Crippen LogP contribution in [-0.4, -0.2) is 35.8 Å². The Bertz CT molecular complexity index is 1630.